The van der Waals surface area contributed by atoms with Crippen LogP contribution in [0.1, 0.15) is 16.2 Å². The number of hydrogen-bond donors (Lipinski definition) is 2. The van der Waals surface area contributed by atoms with Crippen LogP contribution in [-0.4, -0.2) is 26.1 Å². The minimum atomic E-state index is -0.358. The first-order chi connectivity index (χ1) is 7.25. The van der Waals surface area contributed by atoms with Gasteiger partial charge < -0.3 is 5.32 Å². The Morgan fingerprint density at radius 1 is 1.40 bits per heavy atom. The summed E-state index contributed by atoms with van der Waals surface area (Å²) in [5, 5.41) is 8.64. The normalized spacial score (nSPS) is 9.93. The molecule has 2 rings (SSSR count). The van der Waals surface area contributed by atoms with Crippen molar-refractivity contribution in [3.63, 3.8) is 0 Å². The highest BCUT2D eigenvalue weighted by atomic mass is 16.2. The standard InChI is InChI=1S/C9H9N5O/c1-6-2-3-7(10-4-6)13-9(15)8-11-5-12-14-8/h2-5H,1H3,(H,10,13,15)(H,11,12,14). The minimum Gasteiger partial charge on any atom is -0.304 e. The number of carbonyl (C=O) groups excluding carboxylic acids is 1. The summed E-state index contributed by atoms with van der Waals surface area (Å²) in [4.78, 5) is 19.2. The monoisotopic (exact) mass is 203 g/mol. The van der Waals surface area contributed by atoms with Gasteiger partial charge in [-0.3, -0.25) is 9.89 Å². The van der Waals surface area contributed by atoms with Gasteiger partial charge in [-0.05, 0) is 18.6 Å². The summed E-state index contributed by atoms with van der Waals surface area (Å²) >= 11 is 0. The Balaban J connectivity index is 2.09. The van der Waals surface area contributed by atoms with E-state index >= 15 is 0 Å². The summed E-state index contributed by atoms with van der Waals surface area (Å²) in [6.07, 6.45) is 2.95. The SMILES string of the molecule is Cc1ccc(NC(=O)c2ncn[nH]2)nc1. The van der Waals surface area contributed by atoms with E-state index in [2.05, 4.69) is 25.5 Å². The molecule has 0 radical (unpaired) electrons. The summed E-state index contributed by atoms with van der Waals surface area (Å²) in [5.74, 6) is 0.295. The minimum absolute atomic E-state index is 0.164. The summed E-state index contributed by atoms with van der Waals surface area (Å²) < 4.78 is 0. The molecule has 0 atom stereocenters. The summed E-state index contributed by atoms with van der Waals surface area (Å²) in [6, 6.07) is 3.59. The maximum absolute atomic E-state index is 11.5. The van der Waals surface area contributed by atoms with Crippen LogP contribution in [0.5, 0.6) is 0 Å². The summed E-state index contributed by atoms with van der Waals surface area (Å²) in [6.45, 7) is 1.93. The number of aromatic nitrogens is 4. The largest absolute Gasteiger partial charge is 0.304 e. The van der Waals surface area contributed by atoms with Gasteiger partial charge in [-0.2, -0.15) is 5.10 Å². The fourth-order valence-corrected chi connectivity index (χ4v) is 1.03. The van der Waals surface area contributed by atoms with E-state index in [1.807, 2.05) is 13.0 Å². The molecular formula is C9H9N5O. The predicted octanol–water partition coefficient (Wildman–Crippen LogP) is 0.760. The van der Waals surface area contributed by atoms with Crippen LogP contribution in [0, 0.1) is 6.92 Å². The van der Waals surface area contributed by atoms with Gasteiger partial charge in [0, 0.05) is 6.20 Å². The smallest absolute Gasteiger partial charge is 0.294 e. The Morgan fingerprint density at radius 3 is 2.87 bits per heavy atom. The molecule has 0 spiro atoms. The topological polar surface area (TPSA) is 83.6 Å². The number of hydrogen-bond acceptors (Lipinski definition) is 4. The highest BCUT2D eigenvalue weighted by molar-refractivity contribution is 6.00. The molecule has 0 saturated heterocycles. The number of rotatable bonds is 2. The second-order valence-electron chi connectivity index (χ2n) is 3.01. The molecule has 2 heterocycles. The van der Waals surface area contributed by atoms with Crippen molar-refractivity contribution < 1.29 is 4.79 Å². The molecule has 0 unspecified atom stereocenters. The molecule has 0 aliphatic rings. The number of anilines is 1. The van der Waals surface area contributed by atoms with E-state index in [-0.39, 0.29) is 11.7 Å². The van der Waals surface area contributed by atoms with Crippen molar-refractivity contribution >= 4 is 11.7 Å². The van der Waals surface area contributed by atoms with Crippen LogP contribution in [-0.2, 0) is 0 Å². The molecule has 0 aromatic carbocycles. The quantitative estimate of drug-likeness (QED) is 0.754. The molecule has 0 aliphatic carbocycles. The van der Waals surface area contributed by atoms with Gasteiger partial charge in [0.2, 0.25) is 5.82 Å². The van der Waals surface area contributed by atoms with Crippen LogP contribution < -0.4 is 5.32 Å². The zero-order valence-electron chi connectivity index (χ0n) is 8.06. The molecular weight excluding hydrogens is 194 g/mol. The molecule has 6 nitrogen and oxygen atoms in total. The van der Waals surface area contributed by atoms with Gasteiger partial charge in [-0.25, -0.2) is 9.97 Å². The Hall–Kier alpha value is -2.24. The average Bonchev–Trinajstić information content (AvgIpc) is 2.74. The molecule has 6 heteroatoms. The molecule has 0 aliphatic heterocycles. The van der Waals surface area contributed by atoms with Crippen molar-refractivity contribution in [2.45, 2.75) is 6.92 Å². The summed E-state index contributed by atoms with van der Waals surface area (Å²) in [5.41, 5.74) is 1.03. The van der Waals surface area contributed by atoms with Gasteiger partial charge in [0.1, 0.15) is 12.1 Å². The first-order valence-electron chi connectivity index (χ1n) is 4.35. The molecule has 0 bridgehead atoms. The third-order valence-corrected chi connectivity index (χ3v) is 1.78. The van der Waals surface area contributed by atoms with E-state index in [9.17, 15) is 4.79 Å². The van der Waals surface area contributed by atoms with Crippen LogP contribution in [0.25, 0.3) is 0 Å². The molecule has 0 saturated carbocycles. The second-order valence-corrected chi connectivity index (χ2v) is 3.01. The van der Waals surface area contributed by atoms with Crippen molar-refractivity contribution in [1.29, 1.82) is 0 Å². The molecule has 1 amide bonds. The van der Waals surface area contributed by atoms with Crippen LogP contribution >= 0.6 is 0 Å². The zero-order valence-corrected chi connectivity index (χ0v) is 8.06. The van der Waals surface area contributed by atoms with E-state index in [4.69, 9.17) is 0 Å². The molecule has 0 fully saturated rings. The number of aryl methyl sites for hydroxylation is 1. The number of amides is 1. The fourth-order valence-electron chi connectivity index (χ4n) is 1.03. The third-order valence-electron chi connectivity index (χ3n) is 1.78. The lowest BCUT2D eigenvalue weighted by molar-refractivity contribution is 0.101. The lowest BCUT2D eigenvalue weighted by Crippen LogP contribution is -2.14. The van der Waals surface area contributed by atoms with Gasteiger partial charge in [0.25, 0.3) is 5.91 Å². The highest BCUT2D eigenvalue weighted by Gasteiger charge is 2.08. The van der Waals surface area contributed by atoms with Crippen molar-refractivity contribution in [3.8, 4) is 0 Å². The first kappa shape index (κ1) is 9.32. The second kappa shape index (κ2) is 3.87. The third kappa shape index (κ3) is 2.16. The van der Waals surface area contributed by atoms with Crippen molar-refractivity contribution in [2.24, 2.45) is 0 Å². The van der Waals surface area contributed by atoms with E-state index < -0.39 is 0 Å². The Morgan fingerprint density at radius 2 is 2.27 bits per heavy atom. The number of nitrogens with one attached hydrogen (secondary N) is 2. The molecule has 2 aromatic rings. The number of nitrogens with zero attached hydrogens (tertiary/aromatic N) is 3. The van der Waals surface area contributed by atoms with E-state index in [0.29, 0.717) is 5.82 Å². The van der Waals surface area contributed by atoms with Crippen molar-refractivity contribution in [2.75, 3.05) is 5.32 Å². The maximum atomic E-state index is 11.5. The van der Waals surface area contributed by atoms with Crippen LogP contribution in [0.15, 0.2) is 24.7 Å². The predicted molar refractivity (Wildman–Crippen MR) is 53.3 cm³/mol. The van der Waals surface area contributed by atoms with E-state index in [0.717, 1.165) is 5.56 Å². The van der Waals surface area contributed by atoms with Gasteiger partial charge in [-0.15, -0.1) is 0 Å². The zero-order chi connectivity index (χ0) is 10.7. The lowest BCUT2D eigenvalue weighted by atomic mass is 10.3. The Bertz CT molecular complexity index is 448. The van der Waals surface area contributed by atoms with Gasteiger partial charge in [0.05, 0.1) is 0 Å². The maximum Gasteiger partial charge on any atom is 0.294 e. The van der Waals surface area contributed by atoms with Crippen molar-refractivity contribution in [1.82, 2.24) is 20.2 Å². The summed E-state index contributed by atoms with van der Waals surface area (Å²) in [7, 11) is 0. The van der Waals surface area contributed by atoms with Crippen LogP contribution in [0.2, 0.25) is 0 Å². The van der Waals surface area contributed by atoms with E-state index in [1.54, 1.807) is 12.3 Å². The van der Waals surface area contributed by atoms with Gasteiger partial charge >= 0.3 is 0 Å². The number of aromatic amines is 1. The highest BCUT2D eigenvalue weighted by Crippen LogP contribution is 2.04. The number of H-pyrrole nitrogens is 1. The Labute approximate surface area is 85.8 Å². The average molecular weight is 203 g/mol. The molecule has 2 N–H and O–H groups in total. The Kier molecular flexibility index (Phi) is 2.40. The fraction of sp³-hybridized carbons (Fsp3) is 0.111. The van der Waals surface area contributed by atoms with Gasteiger partial charge in [-0.1, -0.05) is 6.07 Å². The molecule has 2 aromatic heterocycles. The number of carbonyl (C=O) groups is 1. The molecule has 15 heavy (non-hydrogen) atoms. The first-order valence-corrected chi connectivity index (χ1v) is 4.35. The van der Waals surface area contributed by atoms with Gasteiger partial charge in [0.15, 0.2) is 0 Å². The number of pyridine rings is 1. The van der Waals surface area contributed by atoms with Crippen molar-refractivity contribution in [3.05, 3.63) is 36.0 Å². The van der Waals surface area contributed by atoms with E-state index in [1.165, 1.54) is 6.33 Å². The lowest BCUT2D eigenvalue weighted by Gasteiger charge is -2.01. The van der Waals surface area contributed by atoms with Crippen LogP contribution in [0.4, 0.5) is 5.82 Å². The van der Waals surface area contributed by atoms with Crippen LogP contribution in [0.3, 0.4) is 0 Å². The molecule has 76 valence electrons.